The number of anilines is 2. The van der Waals surface area contributed by atoms with Crippen LogP contribution in [0.25, 0.3) is 0 Å². The average Bonchev–Trinajstić information content (AvgIpc) is 2.69. The van der Waals surface area contributed by atoms with Crippen molar-refractivity contribution in [1.29, 1.82) is 0 Å². The first kappa shape index (κ1) is 20.3. The van der Waals surface area contributed by atoms with Gasteiger partial charge in [0.2, 0.25) is 11.8 Å². The molecular weight excluding hydrogens is 344 g/mol. The zero-order valence-electron chi connectivity index (χ0n) is 16.3. The quantitative estimate of drug-likeness (QED) is 0.714. The Morgan fingerprint density at radius 2 is 1.67 bits per heavy atom. The van der Waals surface area contributed by atoms with Crippen molar-refractivity contribution >= 4 is 23.2 Å². The molecule has 0 aliphatic carbocycles. The van der Waals surface area contributed by atoms with Crippen molar-refractivity contribution in [3.63, 3.8) is 0 Å². The lowest BCUT2D eigenvalue weighted by Crippen LogP contribution is -2.36. The zero-order valence-corrected chi connectivity index (χ0v) is 16.3. The Morgan fingerprint density at radius 1 is 0.963 bits per heavy atom. The van der Waals surface area contributed by atoms with Gasteiger partial charge >= 0.3 is 0 Å². The van der Waals surface area contributed by atoms with Crippen molar-refractivity contribution in [3.05, 3.63) is 48.5 Å². The number of methoxy groups -OCH3 is 2. The number of amides is 2. The van der Waals surface area contributed by atoms with Crippen LogP contribution in [0.3, 0.4) is 0 Å². The average molecular weight is 370 g/mol. The minimum absolute atomic E-state index is 0.0394. The van der Waals surface area contributed by atoms with Crippen LogP contribution in [0.5, 0.6) is 11.5 Å². The minimum atomic E-state index is -0.158. The summed E-state index contributed by atoms with van der Waals surface area (Å²) in [5.41, 5.74) is 1.46. The van der Waals surface area contributed by atoms with E-state index >= 15 is 0 Å². The molecule has 0 aromatic heterocycles. The van der Waals surface area contributed by atoms with E-state index in [-0.39, 0.29) is 24.8 Å². The highest BCUT2D eigenvalue weighted by molar-refractivity contribution is 5.96. The molecule has 0 atom stereocenters. The van der Waals surface area contributed by atoms with E-state index in [1.807, 2.05) is 37.3 Å². The summed E-state index contributed by atoms with van der Waals surface area (Å²) in [7, 11) is 3.11. The largest absolute Gasteiger partial charge is 0.497 e. The maximum atomic E-state index is 12.7. The lowest BCUT2D eigenvalue weighted by atomic mass is 10.2. The molecule has 0 aliphatic rings. The van der Waals surface area contributed by atoms with Crippen LogP contribution in [-0.2, 0) is 9.59 Å². The third kappa shape index (κ3) is 5.00. The highest BCUT2D eigenvalue weighted by atomic mass is 16.5. The molecule has 0 saturated heterocycles. The lowest BCUT2D eigenvalue weighted by Gasteiger charge is -2.26. The number of carbonyl (C=O) groups excluding carboxylic acids is 2. The Kier molecular flexibility index (Phi) is 7.23. The van der Waals surface area contributed by atoms with Gasteiger partial charge in [0.25, 0.3) is 0 Å². The molecule has 0 aliphatic heterocycles. The van der Waals surface area contributed by atoms with E-state index in [9.17, 15) is 9.59 Å². The third-order valence-corrected chi connectivity index (χ3v) is 4.29. The molecule has 6 nitrogen and oxygen atoms in total. The molecule has 0 heterocycles. The van der Waals surface area contributed by atoms with E-state index in [4.69, 9.17) is 9.47 Å². The van der Waals surface area contributed by atoms with Gasteiger partial charge in [0.15, 0.2) is 0 Å². The molecular formula is C21H26N2O4. The van der Waals surface area contributed by atoms with E-state index in [2.05, 4.69) is 0 Å². The molecule has 2 aromatic rings. The van der Waals surface area contributed by atoms with Gasteiger partial charge in [0.05, 0.1) is 19.9 Å². The van der Waals surface area contributed by atoms with Gasteiger partial charge in [-0.2, -0.15) is 0 Å². The molecule has 2 aromatic carbocycles. The standard InChI is InChI=1S/C21H26N2O4/c1-5-22(17-9-7-6-8-10-17)21(25)13-14-23(16(2)24)19-12-11-18(26-3)15-20(19)27-4/h6-12,15H,5,13-14H2,1-4H3. The Balaban J connectivity index is 2.17. The number of ether oxygens (including phenoxy) is 2. The van der Waals surface area contributed by atoms with Gasteiger partial charge in [-0.3, -0.25) is 9.59 Å². The van der Waals surface area contributed by atoms with Crippen molar-refractivity contribution in [3.8, 4) is 11.5 Å². The highest BCUT2D eigenvalue weighted by Crippen LogP contribution is 2.32. The second-order valence-corrected chi connectivity index (χ2v) is 5.93. The molecule has 6 heteroatoms. The lowest BCUT2D eigenvalue weighted by molar-refractivity contribution is -0.118. The van der Waals surface area contributed by atoms with Gasteiger partial charge in [0.1, 0.15) is 11.5 Å². The third-order valence-electron chi connectivity index (χ3n) is 4.29. The fraction of sp³-hybridized carbons (Fsp3) is 0.333. The summed E-state index contributed by atoms with van der Waals surface area (Å²) in [6.45, 7) is 4.23. The van der Waals surface area contributed by atoms with Gasteiger partial charge < -0.3 is 19.3 Å². The fourth-order valence-corrected chi connectivity index (χ4v) is 2.91. The van der Waals surface area contributed by atoms with Gasteiger partial charge in [-0.1, -0.05) is 18.2 Å². The number of para-hydroxylation sites is 1. The Hall–Kier alpha value is -3.02. The molecule has 2 amide bonds. The number of nitrogens with zero attached hydrogens (tertiary/aromatic N) is 2. The van der Waals surface area contributed by atoms with Crippen LogP contribution in [0.1, 0.15) is 20.3 Å². The molecule has 2 rings (SSSR count). The Morgan fingerprint density at radius 3 is 2.22 bits per heavy atom. The SMILES string of the molecule is CCN(C(=O)CCN(C(C)=O)c1ccc(OC)cc1OC)c1ccccc1. The van der Waals surface area contributed by atoms with Crippen LogP contribution in [0.15, 0.2) is 48.5 Å². The number of hydrogen-bond donors (Lipinski definition) is 0. The topological polar surface area (TPSA) is 59.1 Å². The molecule has 0 N–H and O–H groups in total. The molecule has 0 fully saturated rings. The van der Waals surface area contributed by atoms with Crippen LogP contribution < -0.4 is 19.3 Å². The maximum Gasteiger partial charge on any atom is 0.228 e. The van der Waals surface area contributed by atoms with E-state index in [0.29, 0.717) is 23.7 Å². The van der Waals surface area contributed by atoms with Crippen molar-refractivity contribution in [2.24, 2.45) is 0 Å². The van der Waals surface area contributed by atoms with E-state index in [0.717, 1.165) is 5.69 Å². The molecule has 0 saturated carbocycles. The molecule has 144 valence electrons. The molecule has 0 unspecified atom stereocenters. The normalized spacial score (nSPS) is 10.2. The zero-order chi connectivity index (χ0) is 19.8. The number of rotatable bonds is 8. The summed E-state index contributed by atoms with van der Waals surface area (Å²) in [5, 5.41) is 0. The van der Waals surface area contributed by atoms with Crippen molar-refractivity contribution in [1.82, 2.24) is 0 Å². The van der Waals surface area contributed by atoms with Crippen molar-refractivity contribution in [2.45, 2.75) is 20.3 Å². The Labute approximate surface area is 160 Å². The van der Waals surface area contributed by atoms with Gasteiger partial charge in [0, 0.05) is 38.2 Å². The Bertz CT molecular complexity index is 777. The second kappa shape index (κ2) is 9.62. The first-order valence-corrected chi connectivity index (χ1v) is 8.87. The first-order chi connectivity index (χ1) is 13.0. The predicted octanol–water partition coefficient (Wildman–Crippen LogP) is 3.50. The maximum absolute atomic E-state index is 12.7. The van der Waals surface area contributed by atoms with Gasteiger partial charge in [-0.05, 0) is 31.2 Å². The van der Waals surface area contributed by atoms with Crippen molar-refractivity contribution in [2.75, 3.05) is 37.1 Å². The van der Waals surface area contributed by atoms with Crippen LogP contribution in [0.4, 0.5) is 11.4 Å². The monoisotopic (exact) mass is 370 g/mol. The summed E-state index contributed by atoms with van der Waals surface area (Å²) in [4.78, 5) is 28.2. The fourth-order valence-electron chi connectivity index (χ4n) is 2.91. The second-order valence-electron chi connectivity index (χ2n) is 5.93. The van der Waals surface area contributed by atoms with Gasteiger partial charge in [-0.15, -0.1) is 0 Å². The summed E-state index contributed by atoms with van der Waals surface area (Å²) in [6.07, 6.45) is 0.206. The smallest absolute Gasteiger partial charge is 0.228 e. The molecule has 0 radical (unpaired) electrons. The first-order valence-electron chi connectivity index (χ1n) is 8.87. The van der Waals surface area contributed by atoms with Crippen LogP contribution >= 0.6 is 0 Å². The van der Waals surface area contributed by atoms with Crippen LogP contribution in [0.2, 0.25) is 0 Å². The number of carbonyl (C=O) groups is 2. The van der Waals surface area contributed by atoms with Gasteiger partial charge in [-0.25, -0.2) is 0 Å². The molecule has 27 heavy (non-hydrogen) atoms. The summed E-state index contributed by atoms with van der Waals surface area (Å²) in [5.74, 6) is 0.959. The number of hydrogen-bond acceptors (Lipinski definition) is 4. The number of benzene rings is 2. The predicted molar refractivity (Wildman–Crippen MR) is 107 cm³/mol. The molecule has 0 spiro atoms. The molecule has 0 bridgehead atoms. The highest BCUT2D eigenvalue weighted by Gasteiger charge is 2.20. The minimum Gasteiger partial charge on any atom is -0.497 e. The summed E-state index contributed by atoms with van der Waals surface area (Å²) >= 11 is 0. The van der Waals surface area contributed by atoms with Crippen LogP contribution in [-0.4, -0.2) is 39.1 Å². The van der Waals surface area contributed by atoms with Crippen LogP contribution in [0, 0.1) is 0 Å². The van der Waals surface area contributed by atoms with E-state index in [1.165, 1.54) is 14.0 Å². The van der Waals surface area contributed by atoms with E-state index < -0.39 is 0 Å². The summed E-state index contributed by atoms with van der Waals surface area (Å²) < 4.78 is 10.6. The van der Waals surface area contributed by atoms with E-state index in [1.54, 1.807) is 35.1 Å². The summed E-state index contributed by atoms with van der Waals surface area (Å²) in [6, 6.07) is 14.7. The van der Waals surface area contributed by atoms with Crippen molar-refractivity contribution < 1.29 is 19.1 Å².